The summed E-state index contributed by atoms with van der Waals surface area (Å²) < 4.78 is 28.5. The van der Waals surface area contributed by atoms with Gasteiger partial charge in [-0.1, -0.05) is 236 Å². The third-order valence-electron chi connectivity index (χ3n) is 14.8. The Morgan fingerprint density at radius 1 is 0.418 bits per heavy atom. The second kappa shape index (κ2) is 55.2. The Hall–Kier alpha value is -3.32. The van der Waals surface area contributed by atoms with Crippen LogP contribution in [-0.2, 0) is 42.9 Å². The summed E-state index contributed by atoms with van der Waals surface area (Å²) in [5.41, 5.74) is 0. The van der Waals surface area contributed by atoms with Crippen molar-refractivity contribution in [3.05, 3.63) is 48.6 Å². The van der Waals surface area contributed by atoms with Crippen LogP contribution in [0, 0.1) is 0 Å². The van der Waals surface area contributed by atoms with Crippen molar-refractivity contribution < 1.29 is 58.2 Å². The van der Waals surface area contributed by atoms with E-state index in [1.54, 1.807) is 0 Å². The van der Waals surface area contributed by atoms with Crippen LogP contribution in [-0.4, -0.2) is 89.2 Å². The minimum absolute atomic E-state index is 0.0508. The van der Waals surface area contributed by atoms with Crippen LogP contribution in [0.15, 0.2) is 48.6 Å². The molecule has 79 heavy (non-hydrogen) atoms. The quantitative estimate of drug-likeness (QED) is 0.0228. The molecular weight excluding hydrogens is 997 g/mol. The fraction of sp³-hybridized carbons (Fsp3) is 0.821. The predicted molar refractivity (Wildman–Crippen MR) is 322 cm³/mol. The summed E-state index contributed by atoms with van der Waals surface area (Å²) in [5, 5.41) is 31.5. The van der Waals surface area contributed by atoms with Crippen LogP contribution in [0.5, 0.6) is 0 Å². The third-order valence-corrected chi connectivity index (χ3v) is 14.8. The summed E-state index contributed by atoms with van der Waals surface area (Å²) in [6.45, 7) is 5.95. The van der Waals surface area contributed by atoms with E-state index in [9.17, 15) is 34.5 Å². The molecule has 0 saturated carbocycles. The molecule has 6 unspecified atom stereocenters. The number of hydrogen-bond acceptors (Lipinski definition) is 11. The predicted octanol–water partition coefficient (Wildman–Crippen LogP) is 17.3. The highest BCUT2D eigenvalue weighted by Gasteiger charge is 2.50. The molecule has 1 rings (SSSR count). The lowest BCUT2D eigenvalue weighted by atomic mass is 9.98. The van der Waals surface area contributed by atoms with E-state index < -0.39 is 67.3 Å². The van der Waals surface area contributed by atoms with Crippen molar-refractivity contribution >= 4 is 23.9 Å². The summed E-state index contributed by atoms with van der Waals surface area (Å²) >= 11 is 0. The minimum Gasteiger partial charge on any atom is -0.479 e. The van der Waals surface area contributed by atoms with Crippen molar-refractivity contribution in [2.75, 3.05) is 13.2 Å². The van der Waals surface area contributed by atoms with Gasteiger partial charge in [0.25, 0.3) is 0 Å². The zero-order chi connectivity index (χ0) is 57.5. The van der Waals surface area contributed by atoms with Gasteiger partial charge in [-0.3, -0.25) is 14.4 Å². The van der Waals surface area contributed by atoms with Gasteiger partial charge in [0, 0.05) is 19.3 Å². The fourth-order valence-electron chi connectivity index (χ4n) is 9.79. The highest BCUT2D eigenvalue weighted by Crippen LogP contribution is 2.27. The number of hydrogen-bond donors (Lipinski definition) is 3. The first-order valence-corrected chi connectivity index (χ1v) is 32.6. The average molecular weight is 1120 g/mol. The first-order chi connectivity index (χ1) is 38.6. The molecule has 1 aliphatic rings. The molecule has 0 radical (unpaired) electrons. The number of carbonyl (C=O) groups is 4. The Morgan fingerprint density at radius 2 is 0.772 bits per heavy atom. The summed E-state index contributed by atoms with van der Waals surface area (Å²) in [7, 11) is 0. The lowest BCUT2D eigenvalue weighted by molar-refractivity contribution is -0.301. The molecule has 0 aliphatic carbocycles. The number of carbonyl (C=O) groups excluding carboxylic acids is 3. The van der Waals surface area contributed by atoms with E-state index in [-0.39, 0.29) is 25.9 Å². The van der Waals surface area contributed by atoms with Crippen molar-refractivity contribution in [1.82, 2.24) is 0 Å². The van der Waals surface area contributed by atoms with Gasteiger partial charge < -0.3 is 39.0 Å². The van der Waals surface area contributed by atoms with Gasteiger partial charge in [0.05, 0.1) is 6.61 Å². The van der Waals surface area contributed by atoms with Crippen LogP contribution in [0.3, 0.4) is 0 Å². The maximum atomic E-state index is 13.2. The molecule has 0 spiro atoms. The Labute approximate surface area is 482 Å². The van der Waals surface area contributed by atoms with E-state index in [0.717, 1.165) is 89.9 Å². The molecule has 0 bridgehead atoms. The molecule has 1 fully saturated rings. The second-order valence-corrected chi connectivity index (χ2v) is 22.4. The van der Waals surface area contributed by atoms with Crippen LogP contribution in [0.2, 0.25) is 0 Å². The van der Waals surface area contributed by atoms with Gasteiger partial charge in [0.15, 0.2) is 24.6 Å². The van der Waals surface area contributed by atoms with Gasteiger partial charge in [0.1, 0.15) is 18.8 Å². The molecule has 0 aromatic rings. The standard InChI is InChI=1S/C67H118O12/c1-4-7-10-13-16-19-22-24-26-28-30-32-34-36-39-41-44-47-50-53-59(68)75-56-58(77-60(69)54-51-48-45-43-40-37-35-33-31-29-27-25-23-20-17-14-11-8-5-2)57-76-67-65(63(72)62(71)64(79-67)66(73)74)78-61(70)55-52-49-46-42-38-21-18-15-12-9-6-3/h15-16,18-19,24-27,58,62-65,67,71-72H,4-14,17,20-23,28-57H2,1-3H3,(H,73,74)/b18-15-,19-16-,26-24-,27-25-. The molecule has 12 heteroatoms. The lowest BCUT2D eigenvalue weighted by Gasteiger charge is -2.40. The molecule has 1 saturated heterocycles. The van der Waals surface area contributed by atoms with Crippen molar-refractivity contribution in [3.63, 3.8) is 0 Å². The Morgan fingerprint density at radius 3 is 1.22 bits per heavy atom. The van der Waals surface area contributed by atoms with Gasteiger partial charge in [-0.2, -0.15) is 0 Å². The first kappa shape index (κ1) is 73.7. The number of carboxylic acid groups (broad SMARTS) is 1. The zero-order valence-electron chi connectivity index (χ0n) is 50.6. The number of aliphatic hydroxyl groups excluding tert-OH is 2. The van der Waals surface area contributed by atoms with E-state index in [1.807, 2.05) is 0 Å². The van der Waals surface area contributed by atoms with Gasteiger partial charge in [0.2, 0.25) is 0 Å². The number of ether oxygens (including phenoxy) is 5. The topological polar surface area (TPSA) is 175 Å². The smallest absolute Gasteiger partial charge is 0.335 e. The van der Waals surface area contributed by atoms with E-state index in [0.29, 0.717) is 19.3 Å². The summed E-state index contributed by atoms with van der Waals surface area (Å²) in [4.78, 5) is 51.3. The molecule has 1 heterocycles. The van der Waals surface area contributed by atoms with E-state index in [2.05, 4.69) is 69.4 Å². The number of allylic oxidation sites excluding steroid dienone is 8. The van der Waals surface area contributed by atoms with Crippen molar-refractivity contribution in [2.24, 2.45) is 0 Å². The second-order valence-electron chi connectivity index (χ2n) is 22.4. The molecule has 1 aliphatic heterocycles. The molecule has 0 aromatic carbocycles. The molecular formula is C67H118O12. The summed E-state index contributed by atoms with van der Waals surface area (Å²) in [5.74, 6) is -3.12. The number of carboxylic acids is 1. The van der Waals surface area contributed by atoms with E-state index >= 15 is 0 Å². The number of aliphatic hydroxyl groups is 2. The Balaban J connectivity index is 2.63. The number of rotatable bonds is 56. The highest BCUT2D eigenvalue weighted by molar-refractivity contribution is 5.74. The number of unbranched alkanes of at least 4 members (excludes halogenated alkanes) is 34. The SMILES string of the molecule is CCCC/C=C\CCCCCCCC(=O)OC1C(OCC(COC(=O)CCCCCCCCCCC/C=C\C/C=C\CCCCC)OC(=O)CCCCCCCCCCC/C=C\CCCCCCCC)OC(C(=O)O)C(O)C1O. The molecule has 0 aromatic heterocycles. The Kier molecular flexibility index (Phi) is 51.5. The molecule has 458 valence electrons. The maximum absolute atomic E-state index is 13.2. The van der Waals surface area contributed by atoms with Gasteiger partial charge in [-0.15, -0.1) is 0 Å². The molecule has 3 N–H and O–H groups in total. The van der Waals surface area contributed by atoms with Crippen molar-refractivity contribution in [2.45, 2.75) is 340 Å². The summed E-state index contributed by atoms with van der Waals surface area (Å²) in [6, 6.07) is 0. The van der Waals surface area contributed by atoms with Crippen LogP contribution in [0.25, 0.3) is 0 Å². The third kappa shape index (κ3) is 45.0. The van der Waals surface area contributed by atoms with E-state index in [4.69, 9.17) is 23.7 Å². The van der Waals surface area contributed by atoms with Crippen LogP contribution < -0.4 is 0 Å². The van der Waals surface area contributed by atoms with Gasteiger partial charge >= 0.3 is 23.9 Å². The van der Waals surface area contributed by atoms with Crippen LogP contribution in [0.4, 0.5) is 0 Å². The van der Waals surface area contributed by atoms with Crippen molar-refractivity contribution in [1.29, 1.82) is 0 Å². The van der Waals surface area contributed by atoms with Crippen LogP contribution in [0.1, 0.15) is 303 Å². The van der Waals surface area contributed by atoms with Gasteiger partial charge in [-0.05, 0) is 96.3 Å². The number of esters is 3. The maximum Gasteiger partial charge on any atom is 0.335 e. The minimum atomic E-state index is -1.90. The normalized spacial score (nSPS) is 18.1. The lowest BCUT2D eigenvalue weighted by Crippen LogP contribution is -2.61. The number of aliphatic carboxylic acids is 1. The van der Waals surface area contributed by atoms with Crippen molar-refractivity contribution in [3.8, 4) is 0 Å². The zero-order valence-corrected chi connectivity index (χ0v) is 50.6. The highest BCUT2D eigenvalue weighted by atomic mass is 16.7. The molecule has 0 amide bonds. The molecule has 12 nitrogen and oxygen atoms in total. The molecule has 6 atom stereocenters. The average Bonchev–Trinajstić information content (AvgIpc) is 3.44. The summed E-state index contributed by atoms with van der Waals surface area (Å²) in [6.07, 6.45) is 55.1. The monoisotopic (exact) mass is 1110 g/mol. The van der Waals surface area contributed by atoms with E-state index in [1.165, 1.54) is 154 Å². The largest absolute Gasteiger partial charge is 0.479 e. The fourth-order valence-corrected chi connectivity index (χ4v) is 9.79. The van der Waals surface area contributed by atoms with Crippen LogP contribution >= 0.6 is 0 Å². The Bertz CT molecular complexity index is 1560. The van der Waals surface area contributed by atoms with Gasteiger partial charge in [-0.25, -0.2) is 4.79 Å². The first-order valence-electron chi connectivity index (χ1n) is 32.6.